The number of rotatable bonds is 3. The fourth-order valence-corrected chi connectivity index (χ4v) is 4.40. The zero-order valence-corrected chi connectivity index (χ0v) is 17.4. The molecule has 1 saturated heterocycles. The highest BCUT2D eigenvalue weighted by Gasteiger charge is 2.28. The van der Waals surface area contributed by atoms with Crippen LogP contribution in [-0.2, 0) is 6.54 Å². The van der Waals surface area contributed by atoms with Crippen LogP contribution in [0.2, 0.25) is 5.02 Å². The molecule has 3 aromatic rings. The van der Waals surface area contributed by atoms with Gasteiger partial charge in [-0.2, -0.15) is 0 Å². The summed E-state index contributed by atoms with van der Waals surface area (Å²) in [6.45, 7) is 6.01. The summed E-state index contributed by atoms with van der Waals surface area (Å²) in [5.74, 6) is 0.672. The minimum absolute atomic E-state index is 0.191. The molecule has 150 valence electrons. The third-order valence-corrected chi connectivity index (χ3v) is 5.74. The second-order valence-corrected chi connectivity index (χ2v) is 8.58. The van der Waals surface area contributed by atoms with Crippen molar-refractivity contribution in [3.8, 4) is 0 Å². The molecule has 3 heterocycles. The van der Waals surface area contributed by atoms with E-state index < -0.39 is 0 Å². The number of carbonyl (C=O) groups excluding carboxylic acids is 1. The molecule has 0 radical (unpaired) electrons. The van der Waals surface area contributed by atoms with E-state index in [0.717, 1.165) is 17.4 Å². The molecule has 0 spiro atoms. The van der Waals surface area contributed by atoms with Gasteiger partial charge in [0.05, 0.1) is 6.54 Å². The van der Waals surface area contributed by atoms with Gasteiger partial charge in [0.1, 0.15) is 11.2 Å². The first-order chi connectivity index (χ1) is 13.9. The summed E-state index contributed by atoms with van der Waals surface area (Å²) < 4.78 is 1.59. The van der Waals surface area contributed by atoms with E-state index in [4.69, 9.17) is 11.6 Å². The summed E-state index contributed by atoms with van der Waals surface area (Å²) in [6, 6.07) is 12.7. The van der Waals surface area contributed by atoms with E-state index in [1.165, 1.54) is 0 Å². The first-order valence-corrected chi connectivity index (χ1v) is 10.3. The third kappa shape index (κ3) is 4.06. The molecule has 1 aliphatic rings. The minimum Gasteiger partial charge on any atom is -0.338 e. The van der Waals surface area contributed by atoms with Gasteiger partial charge in [0, 0.05) is 29.7 Å². The number of aromatic nitrogens is 2. The number of pyridine rings is 2. The van der Waals surface area contributed by atoms with Crippen LogP contribution in [0.4, 0.5) is 0 Å². The molecule has 0 aliphatic carbocycles. The quantitative estimate of drug-likeness (QED) is 0.650. The van der Waals surface area contributed by atoms with Crippen molar-refractivity contribution in [3.63, 3.8) is 0 Å². The third-order valence-electron chi connectivity index (χ3n) is 5.49. The summed E-state index contributed by atoms with van der Waals surface area (Å²) in [5, 5.41) is 1.42. The lowest BCUT2D eigenvalue weighted by Gasteiger charge is -2.35. The predicted octanol–water partition coefficient (Wildman–Crippen LogP) is 4.22. The number of hydrogen-bond donors (Lipinski definition) is 0. The van der Waals surface area contributed by atoms with Crippen molar-refractivity contribution in [2.24, 2.45) is 11.8 Å². The van der Waals surface area contributed by atoms with Crippen molar-refractivity contribution in [1.82, 2.24) is 14.5 Å². The fourth-order valence-electron chi connectivity index (χ4n) is 4.28. The van der Waals surface area contributed by atoms with Crippen LogP contribution in [0.3, 0.4) is 0 Å². The van der Waals surface area contributed by atoms with E-state index in [-0.39, 0.29) is 17.0 Å². The molecule has 6 heteroatoms. The van der Waals surface area contributed by atoms with Crippen molar-refractivity contribution in [1.29, 1.82) is 0 Å². The fraction of sp³-hybridized carbons (Fsp3) is 0.348. The second kappa shape index (κ2) is 7.99. The van der Waals surface area contributed by atoms with Crippen LogP contribution < -0.4 is 5.56 Å². The van der Waals surface area contributed by atoms with E-state index in [0.29, 0.717) is 42.1 Å². The summed E-state index contributed by atoms with van der Waals surface area (Å²) in [4.78, 5) is 32.9. The van der Waals surface area contributed by atoms with Crippen molar-refractivity contribution in [3.05, 3.63) is 75.2 Å². The van der Waals surface area contributed by atoms with Gasteiger partial charge >= 0.3 is 0 Å². The van der Waals surface area contributed by atoms with E-state index in [1.54, 1.807) is 29.0 Å². The van der Waals surface area contributed by atoms with Gasteiger partial charge in [0.2, 0.25) is 0 Å². The lowest BCUT2D eigenvalue weighted by atomic mass is 9.91. The highest BCUT2D eigenvalue weighted by atomic mass is 35.5. The van der Waals surface area contributed by atoms with Gasteiger partial charge in [-0.05, 0) is 54.2 Å². The van der Waals surface area contributed by atoms with E-state index >= 15 is 0 Å². The number of likely N-dealkylation sites (tertiary alicyclic amines) is 1. The van der Waals surface area contributed by atoms with Crippen LogP contribution in [0.15, 0.2) is 53.5 Å². The average Bonchev–Trinajstić information content (AvgIpc) is 2.70. The van der Waals surface area contributed by atoms with Gasteiger partial charge in [0.15, 0.2) is 0 Å². The number of amides is 1. The lowest BCUT2D eigenvalue weighted by molar-refractivity contribution is 0.0621. The zero-order valence-electron chi connectivity index (χ0n) is 16.6. The summed E-state index contributed by atoms with van der Waals surface area (Å²) in [5.41, 5.74) is 1.40. The molecule has 0 N–H and O–H groups in total. The molecule has 2 aromatic heterocycles. The molecule has 0 bridgehead atoms. The van der Waals surface area contributed by atoms with Gasteiger partial charge in [-0.15, -0.1) is 0 Å². The molecule has 4 rings (SSSR count). The maximum atomic E-state index is 13.4. The van der Waals surface area contributed by atoms with Crippen LogP contribution in [-0.4, -0.2) is 33.4 Å². The first kappa shape index (κ1) is 19.6. The molecule has 0 saturated carbocycles. The normalized spacial score (nSPS) is 19.5. The van der Waals surface area contributed by atoms with Crippen LogP contribution in [0.5, 0.6) is 0 Å². The van der Waals surface area contributed by atoms with Crippen LogP contribution in [0.1, 0.15) is 36.2 Å². The van der Waals surface area contributed by atoms with E-state index in [2.05, 4.69) is 18.8 Å². The number of hydrogen-bond acceptors (Lipinski definition) is 3. The van der Waals surface area contributed by atoms with Crippen LogP contribution in [0, 0.1) is 11.8 Å². The average molecular weight is 410 g/mol. The number of piperidine rings is 1. The number of fused-ring (bicyclic) bond motifs is 1. The van der Waals surface area contributed by atoms with Crippen molar-refractivity contribution in [2.75, 3.05) is 13.1 Å². The molecule has 1 fully saturated rings. The molecule has 5 nitrogen and oxygen atoms in total. The molecule has 1 aliphatic heterocycles. The topological polar surface area (TPSA) is 55.2 Å². The molecule has 1 aromatic carbocycles. The van der Waals surface area contributed by atoms with Crippen LogP contribution in [0.25, 0.3) is 11.0 Å². The van der Waals surface area contributed by atoms with E-state index in [1.807, 2.05) is 29.2 Å². The SMILES string of the molecule is CC1CC(C)CN(C(=O)c2cc3cccnc3n(Cc3ccc(Cl)cc3)c2=O)C1. The summed E-state index contributed by atoms with van der Waals surface area (Å²) >= 11 is 5.99. The zero-order chi connectivity index (χ0) is 20.5. The Morgan fingerprint density at radius 2 is 1.83 bits per heavy atom. The number of nitrogens with zero attached hydrogens (tertiary/aromatic N) is 3. The maximum Gasteiger partial charge on any atom is 0.265 e. The number of benzene rings is 1. The Kier molecular flexibility index (Phi) is 5.41. The molecule has 2 atom stereocenters. The largest absolute Gasteiger partial charge is 0.338 e. The van der Waals surface area contributed by atoms with Gasteiger partial charge in [-0.3, -0.25) is 14.2 Å². The summed E-state index contributed by atoms with van der Waals surface area (Å²) in [7, 11) is 0. The Morgan fingerprint density at radius 3 is 2.52 bits per heavy atom. The Bertz CT molecular complexity index is 1100. The molecule has 2 unspecified atom stereocenters. The highest BCUT2D eigenvalue weighted by Crippen LogP contribution is 2.23. The molecule has 29 heavy (non-hydrogen) atoms. The van der Waals surface area contributed by atoms with Crippen LogP contribution >= 0.6 is 11.6 Å². The van der Waals surface area contributed by atoms with Gasteiger partial charge in [0.25, 0.3) is 11.5 Å². The smallest absolute Gasteiger partial charge is 0.265 e. The van der Waals surface area contributed by atoms with E-state index in [9.17, 15) is 9.59 Å². The van der Waals surface area contributed by atoms with Crippen molar-refractivity contribution >= 4 is 28.5 Å². The standard InChI is InChI=1S/C23H24ClN3O2/c1-15-10-16(2)13-26(12-15)22(28)20-11-18-4-3-9-25-21(18)27(23(20)29)14-17-5-7-19(24)8-6-17/h3-9,11,15-16H,10,12-14H2,1-2H3. The van der Waals surface area contributed by atoms with Crippen molar-refractivity contribution in [2.45, 2.75) is 26.8 Å². The monoisotopic (exact) mass is 409 g/mol. The molecular formula is C23H24ClN3O2. The summed E-state index contributed by atoms with van der Waals surface area (Å²) in [6.07, 6.45) is 2.77. The Balaban J connectivity index is 1.79. The second-order valence-electron chi connectivity index (χ2n) is 8.15. The molecular weight excluding hydrogens is 386 g/mol. The first-order valence-electron chi connectivity index (χ1n) is 9.94. The minimum atomic E-state index is -0.304. The van der Waals surface area contributed by atoms with Crippen molar-refractivity contribution < 1.29 is 4.79 Å². The number of carbonyl (C=O) groups is 1. The van der Waals surface area contributed by atoms with Gasteiger partial charge in [-0.25, -0.2) is 4.98 Å². The Labute approximate surface area is 174 Å². The Hall–Kier alpha value is -2.66. The van der Waals surface area contributed by atoms with Gasteiger partial charge < -0.3 is 4.90 Å². The maximum absolute atomic E-state index is 13.4. The number of halogens is 1. The lowest BCUT2D eigenvalue weighted by Crippen LogP contribution is -2.44. The van der Waals surface area contributed by atoms with Gasteiger partial charge in [-0.1, -0.05) is 37.6 Å². The Morgan fingerprint density at radius 1 is 1.14 bits per heavy atom. The molecule has 1 amide bonds. The predicted molar refractivity (Wildman–Crippen MR) is 115 cm³/mol. The highest BCUT2D eigenvalue weighted by molar-refractivity contribution is 6.30.